The third kappa shape index (κ3) is 4.75. The summed E-state index contributed by atoms with van der Waals surface area (Å²) in [7, 11) is 1.61. The summed E-state index contributed by atoms with van der Waals surface area (Å²) >= 11 is 0. The molecular weight excluding hydrogens is 302 g/mol. The van der Waals surface area contributed by atoms with Gasteiger partial charge in [0.2, 0.25) is 0 Å². The summed E-state index contributed by atoms with van der Waals surface area (Å²) < 4.78 is 10.9. The summed E-state index contributed by atoms with van der Waals surface area (Å²) in [4.78, 5) is 12.4. The van der Waals surface area contributed by atoms with E-state index < -0.39 is 6.10 Å². The Morgan fingerprint density at radius 3 is 2.08 bits per heavy atom. The van der Waals surface area contributed by atoms with E-state index in [1.54, 1.807) is 19.2 Å². The Hall–Kier alpha value is -2.49. The van der Waals surface area contributed by atoms with Crippen LogP contribution in [0.15, 0.2) is 48.5 Å². The number of nitrogens with one attached hydrogen (secondary N) is 1. The fourth-order valence-corrected chi connectivity index (χ4v) is 2.31. The predicted molar refractivity (Wildman–Crippen MR) is 96.9 cm³/mol. The highest BCUT2D eigenvalue weighted by atomic mass is 16.5. The van der Waals surface area contributed by atoms with E-state index >= 15 is 0 Å². The lowest BCUT2D eigenvalue weighted by Gasteiger charge is -2.18. The van der Waals surface area contributed by atoms with E-state index in [1.807, 2.05) is 43.3 Å². The number of rotatable bonds is 7. The molecule has 0 aliphatic rings. The van der Waals surface area contributed by atoms with Crippen LogP contribution in [0.1, 0.15) is 38.7 Å². The van der Waals surface area contributed by atoms with E-state index in [-0.39, 0.29) is 5.91 Å². The molecule has 1 N–H and O–H groups in total. The van der Waals surface area contributed by atoms with Crippen molar-refractivity contribution in [2.45, 2.75) is 39.2 Å². The van der Waals surface area contributed by atoms with Crippen LogP contribution in [-0.4, -0.2) is 19.1 Å². The second-order valence-electron chi connectivity index (χ2n) is 5.96. The quantitative estimate of drug-likeness (QED) is 0.807. The first-order valence-electron chi connectivity index (χ1n) is 8.25. The maximum atomic E-state index is 12.4. The first-order valence-corrected chi connectivity index (χ1v) is 8.25. The van der Waals surface area contributed by atoms with E-state index in [0.29, 0.717) is 18.1 Å². The largest absolute Gasteiger partial charge is 0.497 e. The fraction of sp³-hybridized carbons (Fsp3) is 0.350. The van der Waals surface area contributed by atoms with E-state index in [1.165, 1.54) is 5.56 Å². The zero-order valence-corrected chi connectivity index (χ0v) is 14.7. The van der Waals surface area contributed by atoms with Crippen LogP contribution < -0.4 is 14.8 Å². The molecule has 2 rings (SSSR count). The Bertz CT molecular complexity index is 648. The summed E-state index contributed by atoms with van der Waals surface area (Å²) in [5.74, 6) is 1.72. The van der Waals surface area contributed by atoms with Crippen LogP contribution in [0, 0.1) is 0 Å². The molecule has 24 heavy (non-hydrogen) atoms. The molecule has 0 radical (unpaired) electrons. The van der Waals surface area contributed by atoms with Gasteiger partial charge >= 0.3 is 0 Å². The lowest BCUT2D eigenvalue weighted by atomic mass is 10.0. The van der Waals surface area contributed by atoms with Crippen molar-refractivity contribution >= 4 is 11.6 Å². The molecule has 2 aromatic carbocycles. The van der Waals surface area contributed by atoms with Gasteiger partial charge in [0.1, 0.15) is 11.5 Å². The number of hydrogen-bond donors (Lipinski definition) is 1. The minimum atomic E-state index is -0.539. The average molecular weight is 327 g/mol. The third-order valence-electron chi connectivity index (χ3n) is 3.85. The Labute approximate surface area is 143 Å². The topological polar surface area (TPSA) is 47.6 Å². The minimum absolute atomic E-state index is 0.148. The van der Waals surface area contributed by atoms with Gasteiger partial charge in [0.25, 0.3) is 5.91 Å². The Balaban J connectivity index is 1.99. The van der Waals surface area contributed by atoms with Gasteiger partial charge in [-0.1, -0.05) is 32.9 Å². The SMILES string of the molecule is CC[C@@H](Oc1ccc(OC)cc1)C(=O)Nc1ccc(C(C)C)cc1. The summed E-state index contributed by atoms with van der Waals surface area (Å²) in [6, 6.07) is 15.1. The number of ether oxygens (including phenoxy) is 2. The molecule has 0 saturated heterocycles. The molecule has 0 aliphatic carbocycles. The normalized spacial score (nSPS) is 11.9. The van der Waals surface area contributed by atoms with Crippen molar-refractivity contribution in [2.24, 2.45) is 0 Å². The molecule has 4 heteroatoms. The number of anilines is 1. The van der Waals surface area contributed by atoms with Crippen LogP contribution in [0.25, 0.3) is 0 Å². The molecule has 1 amide bonds. The maximum absolute atomic E-state index is 12.4. The zero-order chi connectivity index (χ0) is 17.5. The highest BCUT2D eigenvalue weighted by Gasteiger charge is 2.18. The molecule has 0 saturated carbocycles. The van der Waals surface area contributed by atoms with Gasteiger partial charge in [0.05, 0.1) is 7.11 Å². The number of benzene rings is 2. The fourth-order valence-electron chi connectivity index (χ4n) is 2.31. The summed E-state index contributed by atoms with van der Waals surface area (Å²) in [6.45, 7) is 6.21. The smallest absolute Gasteiger partial charge is 0.265 e. The van der Waals surface area contributed by atoms with Gasteiger partial charge in [-0.2, -0.15) is 0 Å². The summed E-state index contributed by atoms with van der Waals surface area (Å²) in [5, 5.41) is 2.91. The summed E-state index contributed by atoms with van der Waals surface area (Å²) in [5.41, 5.74) is 2.02. The number of amides is 1. The van der Waals surface area contributed by atoms with Crippen molar-refractivity contribution in [3.63, 3.8) is 0 Å². The molecule has 0 bridgehead atoms. The average Bonchev–Trinajstić information content (AvgIpc) is 2.60. The Morgan fingerprint density at radius 1 is 1.00 bits per heavy atom. The monoisotopic (exact) mass is 327 g/mol. The van der Waals surface area contributed by atoms with Gasteiger partial charge in [-0.3, -0.25) is 4.79 Å². The van der Waals surface area contributed by atoms with Crippen molar-refractivity contribution in [2.75, 3.05) is 12.4 Å². The molecule has 0 unspecified atom stereocenters. The molecule has 0 fully saturated rings. The Kier molecular flexibility index (Phi) is 6.24. The van der Waals surface area contributed by atoms with Crippen molar-refractivity contribution in [3.8, 4) is 11.5 Å². The maximum Gasteiger partial charge on any atom is 0.265 e. The van der Waals surface area contributed by atoms with Gasteiger partial charge in [0, 0.05) is 5.69 Å². The summed E-state index contributed by atoms with van der Waals surface area (Å²) in [6.07, 6.45) is 0.0465. The molecule has 0 heterocycles. The number of hydrogen-bond acceptors (Lipinski definition) is 3. The van der Waals surface area contributed by atoms with Crippen LogP contribution in [0.2, 0.25) is 0 Å². The van der Waals surface area contributed by atoms with Gasteiger partial charge in [-0.25, -0.2) is 0 Å². The van der Waals surface area contributed by atoms with Gasteiger partial charge in [-0.15, -0.1) is 0 Å². The zero-order valence-electron chi connectivity index (χ0n) is 14.7. The third-order valence-corrected chi connectivity index (χ3v) is 3.85. The number of carbonyl (C=O) groups excluding carboxylic acids is 1. The minimum Gasteiger partial charge on any atom is -0.497 e. The molecule has 128 valence electrons. The van der Waals surface area contributed by atoms with Crippen LogP contribution in [0.5, 0.6) is 11.5 Å². The van der Waals surface area contributed by atoms with Crippen molar-refractivity contribution in [1.82, 2.24) is 0 Å². The van der Waals surface area contributed by atoms with E-state index in [0.717, 1.165) is 11.4 Å². The highest BCUT2D eigenvalue weighted by molar-refractivity contribution is 5.94. The lowest BCUT2D eigenvalue weighted by Crippen LogP contribution is -2.32. The Morgan fingerprint density at radius 2 is 1.58 bits per heavy atom. The van der Waals surface area contributed by atoms with Crippen molar-refractivity contribution in [1.29, 1.82) is 0 Å². The van der Waals surface area contributed by atoms with Gasteiger partial charge in [-0.05, 0) is 54.3 Å². The van der Waals surface area contributed by atoms with Crippen molar-refractivity contribution in [3.05, 3.63) is 54.1 Å². The molecule has 0 spiro atoms. The number of methoxy groups -OCH3 is 1. The molecule has 1 atom stereocenters. The molecule has 4 nitrogen and oxygen atoms in total. The predicted octanol–water partition coefficient (Wildman–Crippen LogP) is 4.61. The van der Waals surface area contributed by atoms with E-state index in [4.69, 9.17) is 9.47 Å². The number of carbonyl (C=O) groups is 1. The lowest BCUT2D eigenvalue weighted by molar-refractivity contribution is -0.122. The van der Waals surface area contributed by atoms with Crippen LogP contribution in [-0.2, 0) is 4.79 Å². The molecular formula is C20H25NO3. The van der Waals surface area contributed by atoms with Crippen molar-refractivity contribution < 1.29 is 14.3 Å². The van der Waals surface area contributed by atoms with Crippen LogP contribution >= 0.6 is 0 Å². The highest BCUT2D eigenvalue weighted by Crippen LogP contribution is 2.20. The van der Waals surface area contributed by atoms with Crippen LogP contribution in [0.3, 0.4) is 0 Å². The second-order valence-corrected chi connectivity index (χ2v) is 5.96. The van der Waals surface area contributed by atoms with Gasteiger partial charge in [0.15, 0.2) is 6.10 Å². The van der Waals surface area contributed by atoms with E-state index in [9.17, 15) is 4.79 Å². The molecule has 0 aromatic heterocycles. The molecule has 0 aliphatic heterocycles. The first-order chi connectivity index (χ1) is 11.5. The molecule has 2 aromatic rings. The van der Waals surface area contributed by atoms with E-state index in [2.05, 4.69) is 19.2 Å². The standard InChI is InChI=1S/C20H25NO3/c1-5-19(24-18-12-10-17(23-4)11-13-18)20(22)21-16-8-6-15(7-9-16)14(2)3/h6-14,19H,5H2,1-4H3,(H,21,22)/t19-/m1/s1. The second kappa shape index (κ2) is 8.39. The van der Waals surface area contributed by atoms with Gasteiger partial charge < -0.3 is 14.8 Å². The van der Waals surface area contributed by atoms with Crippen LogP contribution in [0.4, 0.5) is 5.69 Å². The first kappa shape index (κ1) is 17.9.